The Bertz CT molecular complexity index is 457. The fourth-order valence-electron chi connectivity index (χ4n) is 2.02. The molecule has 1 aromatic carbocycles. The van der Waals surface area contributed by atoms with Gasteiger partial charge in [0.2, 0.25) is 0 Å². The van der Waals surface area contributed by atoms with Crippen LogP contribution in [0.25, 0.3) is 0 Å². The van der Waals surface area contributed by atoms with Crippen LogP contribution in [0.15, 0.2) is 29.3 Å². The number of benzene rings is 1. The van der Waals surface area contributed by atoms with Crippen LogP contribution in [-0.2, 0) is 11.3 Å². The van der Waals surface area contributed by atoms with Gasteiger partial charge in [-0.05, 0) is 49.8 Å². The van der Waals surface area contributed by atoms with E-state index in [9.17, 15) is 4.39 Å². The van der Waals surface area contributed by atoms with Crippen molar-refractivity contribution in [2.45, 2.75) is 32.7 Å². The van der Waals surface area contributed by atoms with Gasteiger partial charge in [0.15, 0.2) is 5.96 Å². The number of hydrogen-bond acceptors (Lipinski definition) is 2. The van der Waals surface area contributed by atoms with E-state index < -0.39 is 0 Å². The van der Waals surface area contributed by atoms with Gasteiger partial charge in [-0.25, -0.2) is 9.38 Å². The van der Waals surface area contributed by atoms with Crippen molar-refractivity contribution in [1.29, 1.82) is 0 Å². The molecule has 2 rings (SSSR count). The number of guanidine groups is 1. The lowest BCUT2D eigenvalue weighted by molar-refractivity contribution is 0.123. The van der Waals surface area contributed by atoms with Crippen LogP contribution in [0.1, 0.15) is 31.7 Å². The number of nitrogens with zero attached hydrogens (tertiary/aromatic N) is 1. The zero-order valence-corrected chi connectivity index (χ0v) is 13.3. The largest absolute Gasteiger partial charge is 0.381 e. The van der Waals surface area contributed by atoms with Crippen LogP contribution in [0.5, 0.6) is 0 Å². The van der Waals surface area contributed by atoms with Gasteiger partial charge in [0, 0.05) is 26.3 Å². The SMILES string of the molecule is CCNC(=NCc1ccc(F)cc1)NCCCOCC1CC1. The van der Waals surface area contributed by atoms with Crippen molar-refractivity contribution in [3.8, 4) is 0 Å². The molecular weight excluding hydrogens is 281 g/mol. The molecule has 1 aliphatic rings. The first-order chi connectivity index (χ1) is 10.8. The summed E-state index contributed by atoms with van der Waals surface area (Å²) in [5, 5.41) is 6.50. The third-order valence-electron chi connectivity index (χ3n) is 3.49. The molecule has 1 fully saturated rings. The normalized spacial score (nSPS) is 14.9. The van der Waals surface area contributed by atoms with Gasteiger partial charge in [-0.15, -0.1) is 0 Å². The van der Waals surface area contributed by atoms with Crippen LogP contribution in [0.3, 0.4) is 0 Å². The Balaban J connectivity index is 1.65. The summed E-state index contributed by atoms with van der Waals surface area (Å²) in [4.78, 5) is 4.50. The first-order valence-electron chi connectivity index (χ1n) is 8.12. The van der Waals surface area contributed by atoms with Gasteiger partial charge in [0.1, 0.15) is 5.82 Å². The van der Waals surface area contributed by atoms with Gasteiger partial charge in [-0.1, -0.05) is 12.1 Å². The zero-order valence-electron chi connectivity index (χ0n) is 13.3. The number of nitrogens with one attached hydrogen (secondary N) is 2. The molecule has 0 aliphatic heterocycles. The Morgan fingerprint density at radius 3 is 2.73 bits per heavy atom. The van der Waals surface area contributed by atoms with Crippen LogP contribution in [0, 0.1) is 11.7 Å². The number of ether oxygens (including phenoxy) is 1. The average molecular weight is 307 g/mol. The van der Waals surface area contributed by atoms with E-state index in [2.05, 4.69) is 15.6 Å². The number of halogens is 1. The molecule has 122 valence electrons. The molecule has 22 heavy (non-hydrogen) atoms. The zero-order chi connectivity index (χ0) is 15.6. The molecule has 1 aromatic rings. The van der Waals surface area contributed by atoms with Gasteiger partial charge in [0.25, 0.3) is 0 Å². The molecule has 4 nitrogen and oxygen atoms in total. The van der Waals surface area contributed by atoms with Crippen LogP contribution in [-0.4, -0.2) is 32.3 Å². The number of rotatable bonds is 9. The third kappa shape index (κ3) is 6.89. The molecule has 0 heterocycles. The minimum Gasteiger partial charge on any atom is -0.381 e. The Morgan fingerprint density at radius 2 is 2.05 bits per heavy atom. The summed E-state index contributed by atoms with van der Waals surface area (Å²) in [6.45, 7) is 5.93. The number of hydrogen-bond donors (Lipinski definition) is 2. The molecule has 2 N–H and O–H groups in total. The minimum absolute atomic E-state index is 0.219. The quantitative estimate of drug-likeness (QED) is 0.419. The van der Waals surface area contributed by atoms with Gasteiger partial charge in [0.05, 0.1) is 6.54 Å². The molecule has 0 radical (unpaired) electrons. The topological polar surface area (TPSA) is 45.7 Å². The summed E-state index contributed by atoms with van der Waals surface area (Å²) < 4.78 is 18.5. The number of aliphatic imine (C=N–C) groups is 1. The molecule has 1 saturated carbocycles. The minimum atomic E-state index is -0.219. The van der Waals surface area contributed by atoms with Crippen molar-refractivity contribution in [2.75, 3.05) is 26.3 Å². The molecule has 5 heteroatoms. The molecule has 1 aliphatic carbocycles. The maximum absolute atomic E-state index is 12.9. The molecule has 0 unspecified atom stereocenters. The molecule has 0 amide bonds. The van der Waals surface area contributed by atoms with Crippen LogP contribution < -0.4 is 10.6 Å². The molecular formula is C17H26FN3O. The Labute approximate surface area is 132 Å². The van der Waals surface area contributed by atoms with Gasteiger partial charge in [-0.2, -0.15) is 0 Å². The standard InChI is InChI=1S/C17H26FN3O/c1-2-19-17(20-10-3-11-22-13-15-4-5-15)21-12-14-6-8-16(18)9-7-14/h6-9,15H,2-5,10-13H2,1H3,(H2,19,20,21). The van der Waals surface area contributed by atoms with Crippen molar-refractivity contribution in [3.05, 3.63) is 35.6 Å². The third-order valence-corrected chi connectivity index (χ3v) is 3.49. The average Bonchev–Trinajstić information content (AvgIpc) is 3.34. The summed E-state index contributed by atoms with van der Waals surface area (Å²) in [6.07, 6.45) is 3.63. The first kappa shape index (κ1) is 16.7. The predicted octanol–water partition coefficient (Wildman–Crippen LogP) is 2.70. The van der Waals surface area contributed by atoms with E-state index in [0.29, 0.717) is 6.54 Å². The van der Waals surface area contributed by atoms with E-state index in [0.717, 1.165) is 50.2 Å². The summed E-state index contributed by atoms with van der Waals surface area (Å²) in [5.41, 5.74) is 0.992. The summed E-state index contributed by atoms with van der Waals surface area (Å²) in [5.74, 6) is 1.39. The van der Waals surface area contributed by atoms with E-state index in [1.54, 1.807) is 12.1 Å². The van der Waals surface area contributed by atoms with Crippen molar-refractivity contribution in [2.24, 2.45) is 10.9 Å². The van der Waals surface area contributed by atoms with Crippen molar-refractivity contribution >= 4 is 5.96 Å². The molecule has 0 spiro atoms. The van der Waals surface area contributed by atoms with Crippen LogP contribution in [0.4, 0.5) is 4.39 Å². The molecule has 0 bridgehead atoms. The van der Waals surface area contributed by atoms with E-state index >= 15 is 0 Å². The van der Waals surface area contributed by atoms with Gasteiger partial charge < -0.3 is 15.4 Å². The van der Waals surface area contributed by atoms with Crippen molar-refractivity contribution < 1.29 is 9.13 Å². The molecule has 0 atom stereocenters. The van der Waals surface area contributed by atoms with Crippen LogP contribution >= 0.6 is 0 Å². The highest BCUT2D eigenvalue weighted by Gasteiger charge is 2.20. The maximum Gasteiger partial charge on any atom is 0.191 e. The molecule has 0 aromatic heterocycles. The highest BCUT2D eigenvalue weighted by atomic mass is 19.1. The first-order valence-corrected chi connectivity index (χ1v) is 8.12. The second-order valence-corrected chi connectivity index (χ2v) is 5.62. The Hall–Kier alpha value is -1.62. The smallest absolute Gasteiger partial charge is 0.191 e. The fraction of sp³-hybridized carbons (Fsp3) is 0.588. The van der Waals surface area contributed by atoms with Crippen LogP contribution in [0.2, 0.25) is 0 Å². The second-order valence-electron chi connectivity index (χ2n) is 5.62. The lowest BCUT2D eigenvalue weighted by atomic mass is 10.2. The highest BCUT2D eigenvalue weighted by molar-refractivity contribution is 5.79. The maximum atomic E-state index is 12.9. The van der Waals surface area contributed by atoms with E-state index in [-0.39, 0.29) is 5.82 Å². The van der Waals surface area contributed by atoms with Gasteiger partial charge in [-0.3, -0.25) is 0 Å². The second kappa shape index (κ2) is 9.41. The van der Waals surface area contributed by atoms with E-state index in [1.807, 2.05) is 6.92 Å². The Morgan fingerprint density at radius 1 is 1.27 bits per heavy atom. The van der Waals surface area contributed by atoms with Crippen molar-refractivity contribution in [3.63, 3.8) is 0 Å². The lowest BCUT2D eigenvalue weighted by Crippen LogP contribution is -2.38. The fourth-order valence-corrected chi connectivity index (χ4v) is 2.02. The van der Waals surface area contributed by atoms with Crippen molar-refractivity contribution in [1.82, 2.24) is 10.6 Å². The molecule has 0 saturated heterocycles. The summed E-state index contributed by atoms with van der Waals surface area (Å²) >= 11 is 0. The monoisotopic (exact) mass is 307 g/mol. The van der Waals surface area contributed by atoms with E-state index in [1.165, 1.54) is 25.0 Å². The predicted molar refractivity (Wildman–Crippen MR) is 87.4 cm³/mol. The summed E-state index contributed by atoms with van der Waals surface area (Å²) in [7, 11) is 0. The van der Waals surface area contributed by atoms with E-state index in [4.69, 9.17) is 4.74 Å². The summed E-state index contributed by atoms with van der Waals surface area (Å²) in [6, 6.07) is 6.44. The lowest BCUT2D eigenvalue weighted by Gasteiger charge is -2.11. The Kier molecular flexibility index (Phi) is 7.16. The highest BCUT2D eigenvalue weighted by Crippen LogP contribution is 2.28. The van der Waals surface area contributed by atoms with Gasteiger partial charge >= 0.3 is 0 Å².